The van der Waals surface area contributed by atoms with Crippen molar-refractivity contribution in [1.82, 2.24) is 10.2 Å². The summed E-state index contributed by atoms with van der Waals surface area (Å²) in [7, 11) is 1.60. The largest absolute Gasteiger partial charge is 0.467 e. The standard InChI is InChI=1S/C23H24N2O3/c1-17-6-3-4-7-20(17)14-22(26)25(16-21-8-5-13-28-21)15-18-9-11-19(12-10-18)23(27)24-2/h3-13H,14-16H2,1-2H3,(H,24,27). The monoisotopic (exact) mass is 376 g/mol. The minimum Gasteiger partial charge on any atom is -0.467 e. The fourth-order valence-electron chi connectivity index (χ4n) is 3.03. The van der Waals surface area contributed by atoms with Crippen LogP contribution in [0, 0.1) is 6.92 Å². The summed E-state index contributed by atoms with van der Waals surface area (Å²) in [6.45, 7) is 2.85. The van der Waals surface area contributed by atoms with E-state index in [9.17, 15) is 9.59 Å². The van der Waals surface area contributed by atoms with Gasteiger partial charge in [0.1, 0.15) is 5.76 Å². The SMILES string of the molecule is CNC(=O)c1ccc(CN(Cc2ccco2)C(=O)Cc2ccccc2C)cc1. The summed E-state index contributed by atoms with van der Waals surface area (Å²) in [6, 6.07) is 18.9. The molecule has 5 heteroatoms. The van der Waals surface area contributed by atoms with Crippen molar-refractivity contribution in [3.8, 4) is 0 Å². The van der Waals surface area contributed by atoms with Crippen LogP contribution in [0.5, 0.6) is 0 Å². The van der Waals surface area contributed by atoms with Crippen LogP contribution in [0.25, 0.3) is 0 Å². The first-order valence-corrected chi connectivity index (χ1v) is 9.22. The molecule has 0 aliphatic heterocycles. The molecule has 1 heterocycles. The lowest BCUT2D eigenvalue weighted by molar-refractivity contribution is -0.132. The van der Waals surface area contributed by atoms with E-state index in [0.717, 1.165) is 22.5 Å². The Balaban J connectivity index is 1.77. The first-order chi connectivity index (χ1) is 13.6. The fraction of sp³-hybridized carbons (Fsp3) is 0.217. The molecule has 0 bridgehead atoms. The Bertz CT molecular complexity index is 931. The second-order valence-corrected chi connectivity index (χ2v) is 6.71. The van der Waals surface area contributed by atoms with Gasteiger partial charge in [0.2, 0.25) is 5.91 Å². The highest BCUT2D eigenvalue weighted by Crippen LogP contribution is 2.15. The molecule has 0 spiro atoms. The molecule has 2 aromatic carbocycles. The maximum absolute atomic E-state index is 13.0. The lowest BCUT2D eigenvalue weighted by Gasteiger charge is -2.22. The summed E-state index contributed by atoms with van der Waals surface area (Å²) in [5, 5.41) is 2.61. The molecule has 0 atom stereocenters. The van der Waals surface area contributed by atoms with Gasteiger partial charge in [-0.05, 0) is 47.9 Å². The van der Waals surface area contributed by atoms with Crippen molar-refractivity contribution in [2.75, 3.05) is 7.05 Å². The van der Waals surface area contributed by atoms with Crippen LogP contribution in [0.2, 0.25) is 0 Å². The van der Waals surface area contributed by atoms with Crippen molar-refractivity contribution in [1.29, 1.82) is 0 Å². The van der Waals surface area contributed by atoms with E-state index < -0.39 is 0 Å². The van der Waals surface area contributed by atoms with Gasteiger partial charge >= 0.3 is 0 Å². The van der Waals surface area contributed by atoms with Crippen LogP contribution in [-0.2, 0) is 24.3 Å². The van der Waals surface area contributed by atoms with Crippen LogP contribution in [0.1, 0.15) is 32.8 Å². The Morgan fingerprint density at radius 1 is 0.964 bits per heavy atom. The Morgan fingerprint density at radius 2 is 1.71 bits per heavy atom. The number of rotatable bonds is 7. The van der Waals surface area contributed by atoms with Crippen LogP contribution in [0.15, 0.2) is 71.3 Å². The quantitative estimate of drug-likeness (QED) is 0.684. The molecular weight excluding hydrogens is 352 g/mol. The molecule has 0 aliphatic carbocycles. The zero-order chi connectivity index (χ0) is 19.9. The van der Waals surface area contributed by atoms with E-state index in [1.165, 1.54) is 0 Å². The van der Waals surface area contributed by atoms with Gasteiger partial charge in [-0.3, -0.25) is 9.59 Å². The van der Waals surface area contributed by atoms with E-state index in [2.05, 4.69) is 5.32 Å². The Hall–Kier alpha value is -3.34. The number of furan rings is 1. The van der Waals surface area contributed by atoms with Gasteiger partial charge in [-0.15, -0.1) is 0 Å². The maximum atomic E-state index is 13.0. The number of benzene rings is 2. The van der Waals surface area contributed by atoms with Crippen molar-refractivity contribution >= 4 is 11.8 Å². The third-order valence-corrected chi connectivity index (χ3v) is 4.70. The second kappa shape index (κ2) is 9.04. The lowest BCUT2D eigenvalue weighted by atomic mass is 10.0. The summed E-state index contributed by atoms with van der Waals surface area (Å²) in [4.78, 5) is 26.5. The summed E-state index contributed by atoms with van der Waals surface area (Å²) >= 11 is 0. The molecule has 0 saturated carbocycles. The highest BCUT2D eigenvalue weighted by Gasteiger charge is 2.17. The molecule has 3 aromatic rings. The van der Waals surface area contributed by atoms with Crippen molar-refractivity contribution in [2.45, 2.75) is 26.4 Å². The molecular formula is C23H24N2O3. The predicted octanol–water partition coefficient (Wildman–Crippen LogP) is 3.72. The topological polar surface area (TPSA) is 62.6 Å². The Kier molecular flexibility index (Phi) is 6.27. The number of hydrogen-bond donors (Lipinski definition) is 1. The van der Waals surface area contributed by atoms with Gasteiger partial charge < -0.3 is 14.6 Å². The van der Waals surface area contributed by atoms with Crippen LogP contribution in [-0.4, -0.2) is 23.8 Å². The van der Waals surface area contributed by atoms with Gasteiger partial charge in [-0.25, -0.2) is 0 Å². The molecule has 0 saturated heterocycles. The zero-order valence-electron chi connectivity index (χ0n) is 16.1. The number of carbonyl (C=O) groups is 2. The zero-order valence-corrected chi connectivity index (χ0v) is 16.1. The maximum Gasteiger partial charge on any atom is 0.251 e. The molecule has 5 nitrogen and oxygen atoms in total. The van der Waals surface area contributed by atoms with E-state index >= 15 is 0 Å². The molecule has 3 rings (SSSR count). The van der Waals surface area contributed by atoms with Crippen molar-refractivity contribution < 1.29 is 14.0 Å². The smallest absolute Gasteiger partial charge is 0.251 e. The number of nitrogens with zero attached hydrogens (tertiary/aromatic N) is 1. The van der Waals surface area contributed by atoms with Gasteiger partial charge in [0.05, 0.1) is 19.2 Å². The van der Waals surface area contributed by atoms with Crippen molar-refractivity contribution in [2.24, 2.45) is 0 Å². The average molecular weight is 376 g/mol. The van der Waals surface area contributed by atoms with Crippen molar-refractivity contribution in [3.63, 3.8) is 0 Å². The van der Waals surface area contributed by atoms with Gasteiger partial charge in [0.15, 0.2) is 0 Å². The fourth-order valence-corrected chi connectivity index (χ4v) is 3.03. The molecule has 0 unspecified atom stereocenters. The number of carbonyl (C=O) groups excluding carboxylic acids is 2. The summed E-state index contributed by atoms with van der Waals surface area (Å²) in [5.74, 6) is 0.635. The van der Waals surface area contributed by atoms with Gasteiger partial charge in [-0.2, -0.15) is 0 Å². The molecule has 0 radical (unpaired) electrons. The Labute approximate surface area is 165 Å². The third kappa shape index (κ3) is 4.88. The summed E-state index contributed by atoms with van der Waals surface area (Å²) in [6.07, 6.45) is 1.95. The van der Waals surface area contributed by atoms with E-state index in [-0.39, 0.29) is 11.8 Å². The molecule has 28 heavy (non-hydrogen) atoms. The molecule has 0 aliphatic rings. The molecule has 144 valence electrons. The van der Waals surface area contributed by atoms with Crippen LogP contribution in [0.4, 0.5) is 0 Å². The Morgan fingerprint density at radius 3 is 2.36 bits per heavy atom. The number of amides is 2. The van der Waals surface area contributed by atoms with Gasteiger partial charge in [0, 0.05) is 19.2 Å². The number of hydrogen-bond acceptors (Lipinski definition) is 3. The molecule has 1 N–H and O–H groups in total. The van der Waals surface area contributed by atoms with E-state index in [1.807, 2.05) is 55.5 Å². The lowest BCUT2D eigenvalue weighted by Crippen LogP contribution is -2.31. The second-order valence-electron chi connectivity index (χ2n) is 6.71. The number of aryl methyl sites for hydroxylation is 1. The normalized spacial score (nSPS) is 10.5. The minimum atomic E-state index is -0.130. The molecule has 2 amide bonds. The predicted molar refractivity (Wildman–Crippen MR) is 108 cm³/mol. The van der Waals surface area contributed by atoms with Crippen LogP contribution in [0.3, 0.4) is 0 Å². The van der Waals surface area contributed by atoms with E-state index in [0.29, 0.717) is 25.1 Å². The van der Waals surface area contributed by atoms with Gasteiger partial charge in [0.25, 0.3) is 5.91 Å². The van der Waals surface area contributed by atoms with Crippen molar-refractivity contribution in [3.05, 3.63) is 94.9 Å². The molecule has 0 fully saturated rings. The third-order valence-electron chi connectivity index (χ3n) is 4.70. The van der Waals surface area contributed by atoms with E-state index in [1.54, 1.807) is 30.3 Å². The molecule has 1 aromatic heterocycles. The first-order valence-electron chi connectivity index (χ1n) is 9.22. The first kappa shape index (κ1) is 19.4. The van der Waals surface area contributed by atoms with Crippen LogP contribution >= 0.6 is 0 Å². The number of nitrogens with one attached hydrogen (secondary N) is 1. The highest BCUT2D eigenvalue weighted by atomic mass is 16.3. The van der Waals surface area contributed by atoms with E-state index in [4.69, 9.17) is 4.42 Å². The highest BCUT2D eigenvalue weighted by molar-refractivity contribution is 5.93. The van der Waals surface area contributed by atoms with Crippen LogP contribution < -0.4 is 5.32 Å². The van der Waals surface area contributed by atoms with Gasteiger partial charge in [-0.1, -0.05) is 36.4 Å². The summed E-state index contributed by atoms with van der Waals surface area (Å²) in [5.41, 5.74) is 3.67. The summed E-state index contributed by atoms with van der Waals surface area (Å²) < 4.78 is 5.44. The minimum absolute atomic E-state index is 0.0288. The average Bonchev–Trinajstić information content (AvgIpc) is 3.22.